The summed E-state index contributed by atoms with van der Waals surface area (Å²) in [4.78, 5) is 19.5. The van der Waals surface area contributed by atoms with Gasteiger partial charge in [-0.15, -0.1) is 0 Å². The van der Waals surface area contributed by atoms with Crippen molar-refractivity contribution in [1.29, 1.82) is 0 Å². The van der Waals surface area contributed by atoms with Crippen LogP contribution in [0.5, 0.6) is 0 Å². The molecule has 0 aliphatic carbocycles. The van der Waals surface area contributed by atoms with E-state index in [9.17, 15) is 0 Å². The largest absolute Gasteiger partial charge is 0.383 e. The van der Waals surface area contributed by atoms with Gasteiger partial charge in [0.2, 0.25) is 0 Å². The van der Waals surface area contributed by atoms with Gasteiger partial charge in [0, 0.05) is 46.0 Å². The van der Waals surface area contributed by atoms with Crippen molar-refractivity contribution in [2.24, 2.45) is 0 Å². The third-order valence-corrected chi connectivity index (χ3v) is 5.99. The lowest BCUT2D eigenvalue weighted by molar-refractivity contribution is 0.190. The number of aryl methyl sites for hydroxylation is 1. The summed E-state index contributed by atoms with van der Waals surface area (Å²) in [6.07, 6.45) is 2.57. The number of anilines is 1. The zero-order valence-corrected chi connectivity index (χ0v) is 19.5. The van der Waals surface area contributed by atoms with E-state index in [4.69, 9.17) is 24.4 Å². The Morgan fingerprint density at radius 1 is 0.906 bits per heavy atom. The quantitative estimate of drug-likeness (QED) is 0.456. The van der Waals surface area contributed by atoms with E-state index in [2.05, 4.69) is 38.6 Å². The molecule has 0 unspecified atom stereocenters. The molecule has 8 heteroatoms. The summed E-state index contributed by atoms with van der Waals surface area (Å²) < 4.78 is 13.0. The Balaban J connectivity index is 1.80. The summed E-state index contributed by atoms with van der Waals surface area (Å²) >= 11 is 0. The highest BCUT2D eigenvalue weighted by atomic mass is 16.5. The van der Waals surface area contributed by atoms with Gasteiger partial charge in [-0.25, -0.2) is 15.0 Å². The SMILES string of the molecule is COCCN(CCOC)c1nc(C)nc2c1nc(-c1ccccc1)n2CCN1CCCC1. The number of benzene rings is 1. The van der Waals surface area contributed by atoms with E-state index in [1.165, 1.54) is 25.9 Å². The molecule has 1 fully saturated rings. The lowest BCUT2D eigenvalue weighted by Gasteiger charge is -2.23. The minimum absolute atomic E-state index is 0.607. The molecule has 8 nitrogen and oxygen atoms in total. The fourth-order valence-electron chi connectivity index (χ4n) is 4.31. The first-order valence-electron chi connectivity index (χ1n) is 11.5. The Bertz CT molecular complexity index is 993. The van der Waals surface area contributed by atoms with Gasteiger partial charge in [-0.05, 0) is 32.9 Å². The summed E-state index contributed by atoms with van der Waals surface area (Å²) in [5.41, 5.74) is 2.82. The van der Waals surface area contributed by atoms with Gasteiger partial charge in [0.1, 0.15) is 11.6 Å². The van der Waals surface area contributed by atoms with Gasteiger partial charge in [0.05, 0.1) is 13.2 Å². The molecule has 0 N–H and O–H groups in total. The number of methoxy groups -OCH3 is 2. The van der Waals surface area contributed by atoms with Gasteiger partial charge in [0.25, 0.3) is 0 Å². The number of fused-ring (bicyclic) bond motifs is 1. The van der Waals surface area contributed by atoms with Gasteiger partial charge < -0.3 is 23.8 Å². The second-order valence-electron chi connectivity index (χ2n) is 8.24. The second kappa shape index (κ2) is 10.8. The predicted molar refractivity (Wildman–Crippen MR) is 127 cm³/mol. The molecule has 1 aliphatic rings. The van der Waals surface area contributed by atoms with Crippen molar-refractivity contribution in [2.75, 3.05) is 65.1 Å². The predicted octanol–water partition coefficient (Wildman–Crippen LogP) is 3.00. The molecule has 1 aliphatic heterocycles. The molecule has 0 radical (unpaired) electrons. The first-order chi connectivity index (χ1) is 15.7. The number of ether oxygens (including phenoxy) is 2. The van der Waals surface area contributed by atoms with Gasteiger partial charge in [-0.1, -0.05) is 30.3 Å². The number of nitrogens with zero attached hydrogens (tertiary/aromatic N) is 6. The van der Waals surface area contributed by atoms with Gasteiger partial charge in [0.15, 0.2) is 17.0 Å². The molecule has 32 heavy (non-hydrogen) atoms. The van der Waals surface area contributed by atoms with Crippen LogP contribution in [0.1, 0.15) is 18.7 Å². The molecule has 0 saturated carbocycles. The van der Waals surface area contributed by atoms with Gasteiger partial charge in [-0.3, -0.25) is 0 Å². The molecule has 2 aromatic heterocycles. The maximum atomic E-state index is 5.35. The molecule has 3 aromatic rings. The van der Waals surface area contributed by atoms with Crippen LogP contribution in [0.25, 0.3) is 22.6 Å². The number of imidazole rings is 1. The second-order valence-corrected chi connectivity index (χ2v) is 8.24. The van der Waals surface area contributed by atoms with E-state index in [0.29, 0.717) is 26.3 Å². The van der Waals surface area contributed by atoms with Crippen LogP contribution < -0.4 is 4.90 Å². The van der Waals surface area contributed by atoms with Crippen LogP contribution in [-0.4, -0.2) is 84.6 Å². The van der Waals surface area contributed by atoms with Crippen molar-refractivity contribution in [3.05, 3.63) is 36.2 Å². The Morgan fingerprint density at radius 2 is 1.59 bits per heavy atom. The van der Waals surface area contributed by atoms with E-state index in [1.54, 1.807) is 14.2 Å². The third-order valence-electron chi connectivity index (χ3n) is 5.99. The molecule has 0 bridgehead atoms. The Kier molecular flexibility index (Phi) is 7.68. The fraction of sp³-hybridized carbons (Fsp3) is 0.542. The lowest BCUT2D eigenvalue weighted by atomic mass is 10.2. The van der Waals surface area contributed by atoms with Crippen LogP contribution in [0.4, 0.5) is 5.82 Å². The van der Waals surface area contributed by atoms with Crippen LogP contribution in [0.15, 0.2) is 30.3 Å². The van der Waals surface area contributed by atoms with Crippen molar-refractivity contribution in [2.45, 2.75) is 26.3 Å². The molecule has 3 heterocycles. The van der Waals surface area contributed by atoms with Crippen molar-refractivity contribution < 1.29 is 9.47 Å². The number of likely N-dealkylation sites (tertiary alicyclic amines) is 1. The van der Waals surface area contributed by atoms with Crippen LogP contribution in [0, 0.1) is 6.92 Å². The van der Waals surface area contributed by atoms with Crippen molar-refractivity contribution in [3.63, 3.8) is 0 Å². The van der Waals surface area contributed by atoms with Crippen molar-refractivity contribution in [3.8, 4) is 11.4 Å². The van der Waals surface area contributed by atoms with E-state index in [-0.39, 0.29) is 0 Å². The molecule has 0 amide bonds. The average molecular weight is 439 g/mol. The van der Waals surface area contributed by atoms with Crippen LogP contribution in [0.3, 0.4) is 0 Å². The smallest absolute Gasteiger partial charge is 0.166 e. The molecule has 0 spiro atoms. The highest BCUT2D eigenvalue weighted by molar-refractivity contribution is 5.87. The molecule has 172 valence electrons. The van der Waals surface area contributed by atoms with Crippen molar-refractivity contribution >= 4 is 17.0 Å². The van der Waals surface area contributed by atoms with E-state index < -0.39 is 0 Å². The average Bonchev–Trinajstić information content (AvgIpc) is 3.46. The zero-order chi connectivity index (χ0) is 22.3. The molecule has 0 atom stereocenters. The summed E-state index contributed by atoms with van der Waals surface area (Å²) in [5.74, 6) is 2.53. The normalized spacial score (nSPS) is 14.5. The number of hydrogen-bond donors (Lipinski definition) is 0. The summed E-state index contributed by atoms with van der Waals surface area (Å²) in [6, 6.07) is 10.4. The monoisotopic (exact) mass is 438 g/mol. The first-order valence-corrected chi connectivity index (χ1v) is 11.5. The van der Waals surface area contributed by atoms with Crippen LogP contribution in [-0.2, 0) is 16.0 Å². The van der Waals surface area contributed by atoms with Crippen LogP contribution in [0.2, 0.25) is 0 Å². The zero-order valence-electron chi connectivity index (χ0n) is 19.5. The third kappa shape index (κ3) is 5.09. The maximum Gasteiger partial charge on any atom is 0.166 e. The minimum atomic E-state index is 0.607. The fourth-order valence-corrected chi connectivity index (χ4v) is 4.31. The number of hydrogen-bond acceptors (Lipinski definition) is 7. The van der Waals surface area contributed by atoms with E-state index in [0.717, 1.165) is 47.3 Å². The Hall–Kier alpha value is -2.55. The molecule has 1 aromatic carbocycles. The lowest BCUT2D eigenvalue weighted by Crippen LogP contribution is -2.32. The van der Waals surface area contributed by atoms with Gasteiger partial charge >= 0.3 is 0 Å². The summed E-state index contributed by atoms with van der Waals surface area (Å²) in [7, 11) is 3.44. The van der Waals surface area contributed by atoms with E-state index >= 15 is 0 Å². The van der Waals surface area contributed by atoms with E-state index in [1.807, 2.05) is 13.0 Å². The van der Waals surface area contributed by atoms with Crippen molar-refractivity contribution in [1.82, 2.24) is 24.4 Å². The van der Waals surface area contributed by atoms with Crippen LogP contribution >= 0.6 is 0 Å². The summed E-state index contributed by atoms with van der Waals surface area (Å²) in [6.45, 7) is 8.80. The number of rotatable bonds is 11. The topological polar surface area (TPSA) is 68.5 Å². The standard InChI is InChI=1S/C24H34N6O2/c1-19-25-23(29(15-17-31-2)16-18-32-3)21-24(26-19)30(14-13-28-11-7-8-12-28)22(27-21)20-9-5-4-6-10-20/h4-6,9-10H,7-8,11-18H2,1-3H3. The molecular weight excluding hydrogens is 404 g/mol. The highest BCUT2D eigenvalue weighted by Crippen LogP contribution is 2.29. The Labute approximate surface area is 190 Å². The number of aromatic nitrogens is 4. The molecular formula is C24H34N6O2. The molecule has 1 saturated heterocycles. The Morgan fingerprint density at radius 3 is 2.25 bits per heavy atom. The van der Waals surface area contributed by atoms with Gasteiger partial charge in [-0.2, -0.15) is 0 Å². The first kappa shape index (κ1) is 22.6. The minimum Gasteiger partial charge on any atom is -0.383 e. The maximum absolute atomic E-state index is 5.35. The molecule has 4 rings (SSSR count). The highest BCUT2D eigenvalue weighted by Gasteiger charge is 2.22. The summed E-state index contributed by atoms with van der Waals surface area (Å²) in [5, 5.41) is 0.